The Labute approximate surface area is 115 Å². The van der Waals surface area contributed by atoms with Gasteiger partial charge >= 0.3 is 0 Å². The Hall–Kier alpha value is -1.55. The SMILES string of the molecule is CCC(C)N(C)CCNC(=O)c1cccc(OC)c1. The number of methoxy groups -OCH3 is 1. The highest BCUT2D eigenvalue weighted by atomic mass is 16.5. The molecule has 106 valence electrons. The van der Waals surface area contributed by atoms with Crippen LogP contribution in [0.4, 0.5) is 0 Å². The van der Waals surface area contributed by atoms with Crippen molar-refractivity contribution in [3.63, 3.8) is 0 Å². The molecule has 1 amide bonds. The zero-order valence-electron chi connectivity index (χ0n) is 12.3. The summed E-state index contributed by atoms with van der Waals surface area (Å²) in [4.78, 5) is 14.2. The number of ether oxygens (including phenoxy) is 1. The molecule has 0 aromatic heterocycles. The van der Waals surface area contributed by atoms with Crippen LogP contribution in [0.1, 0.15) is 30.6 Å². The van der Waals surface area contributed by atoms with Gasteiger partial charge in [-0.1, -0.05) is 13.0 Å². The largest absolute Gasteiger partial charge is 0.497 e. The summed E-state index contributed by atoms with van der Waals surface area (Å²) in [5.41, 5.74) is 0.630. The van der Waals surface area contributed by atoms with E-state index in [0.29, 0.717) is 23.9 Å². The van der Waals surface area contributed by atoms with Crippen molar-refractivity contribution in [3.8, 4) is 5.75 Å². The van der Waals surface area contributed by atoms with Gasteiger partial charge in [0.05, 0.1) is 7.11 Å². The predicted octanol–water partition coefficient (Wildman–Crippen LogP) is 2.16. The van der Waals surface area contributed by atoms with Crippen LogP contribution in [0.2, 0.25) is 0 Å². The maximum Gasteiger partial charge on any atom is 0.251 e. The van der Waals surface area contributed by atoms with Gasteiger partial charge in [0, 0.05) is 24.7 Å². The molecule has 19 heavy (non-hydrogen) atoms. The fourth-order valence-corrected chi connectivity index (χ4v) is 1.74. The average molecular weight is 264 g/mol. The van der Waals surface area contributed by atoms with Gasteiger partial charge in [0.1, 0.15) is 5.75 Å². The van der Waals surface area contributed by atoms with Gasteiger partial charge in [-0.15, -0.1) is 0 Å². The molecule has 0 saturated carbocycles. The molecule has 0 aliphatic rings. The molecule has 0 aliphatic carbocycles. The third-order valence-electron chi connectivity index (χ3n) is 3.43. The first-order valence-corrected chi connectivity index (χ1v) is 6.71. The summed E-state index contributed by atoms with van der Waals surface area (Å²) in [6, 6.07) is 7.71. The minimum Gasteiger partial charge on any atom is -0.497 e. The fraction of sp³-hybridized carbons (Fsp3) is 0.533. The number of likely N-dealkylation sites (N-methyl/N-ethyl adjacent to an activating group) is 1. The summed E-state index contributed by atoms with van der Waals surface area (Å²) in [7, 11) is 3.67. The number of hydrogen-bond acceptors (Lipinski definition) is 3. The van der Waals surface area contributed by atoms with Crippen molar-refractivity contribution >= 4 is 5.91 Å². The Morgan fingerprint density at radius 1 is 1.47 bits per heavy atom. The van der Waals surface area contributed by atoms with E-state index in [1.165, 1.54) is 0 Å². The van der Waals surface area contributed by atoms with Crippen molar-refractivity contribution in [3.05, 3.63) is 29.8 Å². The number of nitrogens with zero attached hydrogens (tertiary/aromatic N) is 1. The minimum absolute atomic E-state index is 0.0588. The number of amides is 1. The van der Waals surface area contributed by atoms with E-state index in [1.54, 1.807) is 19.2 Å². The molecule has 1 atom stereocenters. The van der Waals surface area contributed by atoms with Crippen LogP contribution >= 0.6 is 0 Å². The molecule has 0 saturated heterocycles. The standard InChI is InChI=1S/C15H24N2O2/c1-5-12(2)17(3)10-9-16-15(18)13-7-6-8-14(11-13)19-4/h6-8,11-12H,5,9-10H2,1-4H3,(H,16,18). The Morgan fingerprint density at radius 2 is 2.21 bits per heavy atom. The van der Waals surface area contributed by atoms with E-state index in [4.69, 9.17) is 4.74 Å². The molecule has 0 aliphatic heterocycles. The van der Waals surface area contributed by atoms with Crippen LogP contribution in [0.15, 0.2) is 24.3 Å². The molecule has 0 bridgehead atoms. The summed E-state index contributed by atoms with van der Waals surface area (Å²) < 4.78 is 5.11. The van der Waals surface area contributed by atoms with Crippen LogP contribution in [-0.2, 0) is 0 Å². The van der Waals surface area contributed by atoms with Crippen molar-refractivity contribution in [2.75, 3.05) is 27.2 Å². The first-order chi connectivity index (χ1) is 9.08. The maximum absolute atomic E-state index is 11.9. The first-order valence-electron chi connectivity index (χ1n) is 6.71. The fourth-order valence-electron chi connectivity index (χ4n) is 1.74. The lowest BCUT2D eigenvalue weighted by atomic mass is 10.2. The van der Waals surface area contributed by atoms with E-state index in [-0.39, 0.29) is 5.91 Å². The molecule has 1 aromatic carbocycles. The molecule has 1 rings (SSSR count). The second kappa shape index (κ2) is 7.79. The molecule has 0 radical (unpaired) electrons. The van der Waals surface area contributed by atoms with E-state index < -0.39 is 0 Å². The van der Waals surface area contributed by atoms with E-state index in [0.717, 1.165) is 13.0 Å². The van der Waals surface area contributed by atoms with Gasteiger partial charge in [-0.2, -0.15) is 0 Å². The van der Waals surface area contributed by atoms with Crippen LogP contribution in [0, 0.1) is 0 Å². The second-order valence-corrected chi connectivity index (χ2v) is 4.73. The summed E-state index contributed by atoms with van der Waals surface area (Å²) in [5, 5.41) is 2.92. The lowest BCUT2D eigenvalue weighted by Crippen LogP contribution is -2.37. The average Bonchev–Trinajstić information content (AvgIpc) is 2.46. The second-order valence-electron chi connectivity index (χ2n) is 4.73. The zero-order chi connectivity index (χ0) is 14.3. The molecule has 4 heteroatoms. The van der Waals surface area contributed by atoms with Gasteiger partial charge in [0.2, 0.25) is 0 Å². The monoisotopic (exact) mass is 264 g/mol. The zero-order valence-corrected chi connectivity index (χ0v) is 12.3. The third-order valence-corrected chi connectivity index (χ3v) is 3.43. The van der Waals surface area contributed by atoms with Crippen molar-refractivity contribution in [2.45, 2.75) is 26.3 Å². The smallest absolute Gasteiger partial charge is 0.251 e. The van der Waals surface area contributed by atoms with Crippen molar-refractivity contribution in [2.24, 2.45) is 0 Å². The van der Waals surface area contributed by atoms with Crippen LogP contribution in [0.5, 0.6) is 5.75 Å². The highest BCUT2D eigenvalue weighted by molar-refractivity contribution is 5.94. The first kappa shape index (κ1) is 15.5. The van der Waals surface area contributed by atoms with Crippen LogP contribution in [0.25, 0.3) is 0 Å². The van der Waals surface area contributed by atoms with Crippen molar-refractivity contribution in [1.82, 2.24) is 10.2 Å². The summed E-state index contributed by atoms with van der Waals surface area (Å²) in [6.45, 7) is 5.85. The van der Waals surface area contributed by atoms with Crippen LogP contribution < -0.4 is 10.1 Å². The lowest BCUT2D eigenvalue weighted by Gasteiger charge is -2.23. The van der Waals surface area contributed by atoms with Crippen molar-refractivity contribution < 1.29 is 9.53 Å². The molecule has 0 spiro atoms. The molecule has 1 aromatic rings. The van der Waals surface area contributed by atoms with Gasteiger partial charge in [-0.05, 0) is 38.6 Å². The van der Waals surface area contributed by atoms with Gasteiger partial charge in [0.15, 0.2) is 0 Å². The Bertz CT molecular complexity index is 407. The Balaban J connectivity index is 2.43. The van der Waals surface area contributed by atoms with Gasteiger partial charge in [-0.25, -0.2) is 0 Å². The minimum atomic E-state index is -0.0588. The highest BCUT2D eigenvalue weighted by Gasteiger charge is 2.08. The topological polar surface area (TPSA) is 41.6 Å². The van der Waals surface area contributed by atoms with E-state index in [2.05, 4.69) is 31.1 Å². The normalized spacial score (nSPS) is 12.3. The lowest BCUT2D eigenvalue weighted by molar-refractivity contribution is 0.0947. The number of benzene rings is 1. The van der Waals surface area contributed by atoms with Gasteiger partial charge < -0.3 is 15.0 Å². The highest BCUT2D eigenvalue weighted by Crippen LogP contribution is 2.12. The van der Waals surface area contributed by atoms with E-state index >= 15 is 0 Å². The molecule has 1 N–H and O–H groups in total. The molecule has 1 unspecified atom stereocenters. The molecular formula is C15H24N2O2. The number of nitrogens with one attached hydrogen (secondary N) is 1. The molecular weight excluding hydrogens is 240 g/mol. The summed E-state index contributed by atoms with van der Waals surface area (Å²) in [5.74, 6) is 0.640. The van der Waals surface area contributed by atoms with Crippen LogP contribution in [-0.4, -0.2) is 44.1 Å². The number of carbonyl (C=O) groups excluding carboxylic acids is 1. The van der Waals surface area contributed by atoms with Gasteiger partial charge in [0.25, 0.3) is 5.91 Å². The number of rotatable bonds is 7. The van der Waals surface area contributed by atoms with Crippen LogP contribution in [0.3, 0.4) is 0 Å². The summed E-state index contributed by atoms with van der Waals surface area (Å²) in [6.07, 6.45) is 1.11. The Morgan fingerprint density at radius 3 is 2.84 bits per heavy atom. The van der Waals surface area contributed by atoms with E-state index in [1.807, 2.05) is 12.1 Å². The maximum atomic E-state index is 11.9. The van der Waals surface area contributed by atoms with E-state index in [9.17, 15) is 4.79 Å². The molecule has 0 fully saturated rings. The summed E-state index contributed by atoms with van der Waals surface area (Å²) >= 11 is 0. The molecule has 0 heterocycles. The number of carbonyl (C=O) groups is 1. The number of hydrogen-bond donors (Lipinski definition) is 1. The quantitative estimate of drug-likeness (QED) is 0.820. The van der Waals surface area contributed by atoms with Crippen molar-refractivity contribution in [1.29, 1.82) is 0 Å². The Kier molecular flexibility index (Phi) is 6.36. The predicted molar refractivity (Wildman–Crippen MR) is 77.7 cm³/mol. The molecule has 4 nitrogen and oxygen atoms in total. The third kappa shape index (κ3) is 4.91. The van der Waals surface area contributed by atoms with Gasteiger partial charge in [-0.3, -0.25) is 4.79 Å².